The van der Waals surface area contributed by atoms with E-state index in [1.165, 1.54) is 101 Å². The first kappa shape index (κ1) is 54.1. The van der Waals surface area contributed by atoms with Gasteiger partial charge in [0, 0.05) is 9.52 Å². The van der Waals surface area contributed by atoms with Gasteiger partial charge in [0.2, 0.25) is 0 Å². The van der Waals surface area contributed by atoms with Crippen molar-refractivity contribution in [2.45, 2.75) is 184 Å². The molecular formula is C58H80Cl2SiZr. The molecule has 0 bridgehead atoms. The van der Waals surface area contributed by atoms with Crippen molar-refractivity contribution >= 4 is 48.1 Å². The number of aryl methyl sites for hydroxylation is 2. The van der Waals surface area contributed by atoms with Crippen LogP contribution >= 0.6 is 17.0 Å². The maximum atomic E-state index is 4.93. The first-order valence-electron chi connectivity index (χ1n) is 23.4. The van der Waals surface area contributed by atoms with Crippen LogP contribution in [0, 0.1) is 0 Å². The molecule has 0 amide bonds. The third-order valence-corrected chi connectivity index (χ3v) is 11.8. The predicted octanol–water partition coefficient (Wildman–Crippen LogP) is 19.6. The third-order valence-electron chi connectivity index (χ3n) is 11.8. The van der Waals surface area contributed by atoms with Gasteiger partial charge < -0.3 is 0 Å². The molecule has 0 aliphatic carbocycles. The molecular weight excluding hydrogens is 887 g/mol. The van der Waals surface area contributed by atoms with E-state index in [0.29, 0.717) is 23.7 Å². The molecule has 6 aromatic rings. The van der Waals surface area contributed by atoms with Gasteiger partial charge in [-0.15, -0.1) is 69.1 Å². The van der Waals surface area contributed by atoms with Gasteiger partial charge >= 0.3 is 37.9 Å². The topological polar surface area (TPSA) is 0 Å². The predicted molar refractivity (Wildman–Crippen MR) is 281 cm³/mol. The van der Waals surface area contributed by atoms with Crippen LogP contribution in [0.3, 0.4) is 0 Å². The van der Waals surface area contributed by atoms with Crippen molar-refractivity contribution in [3.63, 3.8) is 0 Å². The summed E-state index contributed by atoms with van der Waals surface area (Å²) in [6.45, 7) is 41.3. The monoisotopic (exact) mass is 964 g/mol. The minimum atomic E-state index is -0.826. The summed E-state index contributed by atoms with van der Waals surface area (Å²) in [6, 6.07) is 33.6. The van der Waals surface area contributed by atoms with Gasteiger partial charge in [-0.3, -0.25) is 0 Å². The Labute approximate surface area is 401 Å². The van der Waals surface area contributed by atoms with Gasteiger partial charge in [0.05, 0.1) is 0 Å². The number of hydrogen-bond acceptors (Lipinski definition) is 0. The SMILES string of the molecule is CCCc1cc2c(-c3cc(C(C)C)cc(C(C)C)c3)c(C(C)(C)C)ccc2[cH-]1.CCCc1cc2c(-c3cc(C(C)C)cc(C(C)C)c3)c(C(C)(C)C)ccc2[cH-]1.C[Si]C.[Cl][Zr+2][Cl]. The fourth-order valence-corrected chi connectivity index (χ4v) is 8.40. The summed E-state index contributed by atoms with van der Waals surface area (Å²) in [4.78, 5) is 0. The van der Waals surface area contributed by atoms with Crippen LogP contribution in [-0.4, -0.2) is 9.52 Å². The Morgan fingerprint density at radius 3 is 1.00 bits per heavy atom. The third kappa shape index (κ3) is 14.4. The van der Waals surface area contributed by atoms with E-state index in [2.05, 4.69) is 209 Å². The zero-order chi connectivity index (χ0) is 46.7. The molecule has 0 spiro atoms. The van der Waals surface area contributed by atoms with Crippen LogP contribution in [0.1, 0.15) is 192 Å². The molecule has 334 valence electrons. The molecule has 62 heavy (non-hydrogen) atoms. The van der Waals surface area contributed by atoms with Gasteiger partial charge in [0.25, 0.3) is 0 Å². The first-order chi connectivity index (χ1) is 29.1. The Bertz CT molecular complexity index is 2080. The summed E-state index contributed by atoms with van der Waals surface area (Å²) in [5.74, 6) is 2.13. The maximum absolute atomic E-state index is 4.93. The van der Waals surface area contributed by atoms with Crippen LogP contribution in [0.25, 0.3) is 43.8 Å². The summed E-state index contributed by atoms with van der Waals surface area (Å²) in [6.07, 6.45) is 4.70. The second-order valence-corrected chi connectivity index (χ2v) is 25.4. The summed E-state index contributed by atoms with van der Waals surface area (Å²) in [5.41, 5.74) is 17.5. The first-order valence-corrected chi connectivity index (χ1v) is 31.7. The van der Waals surface area contributed by atoms with Gasteiger partial charge in [0.1, 0.15) is 0 Å². The zero-order valence-electron chi connectivity index (χ0n) is 42.0. The van der Waals surface area contributed by atoms with E-state index >= 15 is 0 Å². The van der Waals surface area contributed by atoms with Gasteiger partial charge in [-0.2, -0.15) is 12.1 Å². The fraction of sp³-hybridized carbons (Fsp3) is 0.483. The van der Waals surface area contributed by atoms with Crippen LogP contribution in [-0.2, 0) is 44.5 Å². The number of rotatable bonds is 10. The van der Waals surface area contributed by atoms with Crippen molar-refractivity contribution in [3.8, 4) is 22.3 Å². The van der Waals surface area contributed by atoms with E-state index in [1.54, 1.807) is 0 Å². The standard InChI is InChI=1S/2C28H37.C2H6Si.2ClH.Zr/c2*1-9-10-20-13-21-11-12-26(28(6,7)8)27(25(21)14-20)24-16-22(18(2)3)15-23(17-24)19(4)5;1-3-2;;;/h2*11-19H,9-10H2,1-8H3;1-2H3;2*1H;/q2*-1;;;;+4/p-2. The molecule has 0 fully saturated rings. The summed E-state index contributed by atoms with van der Waals surface area (Å²) in [7, 11) is 11.0. The average molecular weight is 967 g/mol. The Hall–Kier alpha value is -2.22. The van der Waals surface area contributed by atoms with Crippen LogP contribution in [0.15, 0.2) is 84.9 Å². The van der Waals surface area contributed by atoms with Crippen LogP contribution in [0.5, 0.6) is 0 Å². The van der Waals surface area contributed by atoms with Crippen LogP contribution in [0.2, 0.25) is 13.1 Å². The molecule has 0 atom stereocenters. The van der Waals surface area contributed by atoms with Gasteiger partial charge in [0.15, 0.2) is 0 Å². The van der Waals surface area contributed by atoms with Crippen LogP contribution < -0.4 is 0 Å². The van der Waals surface area contributed by atoms with Crippen molar-refractivity contribution in [2.75, 3.05) is 0 Å². The molecule has 0 saturated carbocycles. The van der Waals surface area contributed by atoms with Gasteiger partial charge in [-0.05, 0) is 80.7 Å². The van der Waals surface area contributed by atoms with Gasteiger partial charge in [-0.25, -0.2) is 0 Å². The fourth-order valence-electron chi connectivity index (χ4n) is 8.40. The van der Waals surface area contributed by atoms with E-state index in [1.807, 2.05) is 0 Å². The Morgan fingerprint density at radius 1 is 0.500 bits per heavy atom. The van der Waals surface area contributed by atoms with Crippen molar-refractivity contribution in [3.05, 3.63) is 129 Å². The molecule has 0 heterocycles. The van der Waals surface area contributed by atoms with Gasteiger partial charge in [-0.1, -0.05) is 195 Å². The molecule has 4 heteroatoms. The second kappa shape index (κ2) is 24.3. The number of fused-ring (bicyclic) bond motifs is 2. The van der Waals surface area contributed by atoms with Crippen molar-refractivity contribution in [1.29, 1.82) is 0 Å². The van der Waals surface area contributed by atoms with E-state index in [0.717, 1.165) is 22.4 Å². The second-order valence-electron chi connectivity index (χ2n) is 20.7. The van der Waals surface area contributed by atoms with Crippen molar-refractivity contribution in [1.82, 2.24) is 0 Å². The Kier molecular flexibility index (Phi) is 21.2. The number of benzene rings is 4. The molecule has 0 N–H and O–H groups in total. The molecule has 0 nitrogen and oxygen atoms in total. The Morgan fingerprint density at radius 2 is 0.774 bits per heavy atom. The van der Waals surface area contributed by atoms with E-state index in [-0.39, 0.29) is 10.8 Å². The summed E-state index contributed by atoms with van der Waals surface area (Å²) >= 11 is -0.826. The average Bonchev–Trinajstić information content (AvgIpc) is 3.80. The molecule has 2 radical (unpaired) electrons. The van der Waals surface area contributed by atoms with E-state index < -0.39 is 20.8 Å². The molecule has 0 saturated heterocycles. The number of halogens is 2. The molecule has 6 aromatic carbocycles. The quantitative estimate of drug-likeness (QED) is 0.0948. The minimum absolute atomic E-state index is 0.109. The zero-order valence-corrected chi connectivity index (χ0v) is 46.9. The molecule has 0 aliphatic heterocycles. The van der Waals surface area contributed by atoms with E-state index in [4.69, 9.17) is 17.0 Å². The number of hydrogen-bond donors (Lipinski definition) is 0. The van der Waals surface area contributed by atoms with E-state index in [9.17, 15) is 0 Å². The Balaban J connectivity index is 0.000000293. The molecule has 6 rings (SSSR count). The normalized spacial score (nSPS) is 11.7. The summed E-state index contributed by atoms with van der Waals surface area (Å²) in [5, 5.41) is 5.61. The molecule has 0 aromatic heterocycles. The van der Waals surface area contributed by atoms with Crippen molar-refractivity contribution < 1.29 is 20.8 Å². The van der Waals surface area contributed by atoms with Crippen molar-refractivity contribution in [2.24, 2.45) is 0 Å². The van der Waals surface area contributed by atoms with Crippen LogP contribution in [0.4, 0.5) is 0 Å². The summed E-state index contributed by atoms with van der Waals surface area (Å²) < 4.78 is 0. The molecule has 0 aliphatic rings. The molecule has 0 unspecified atom stereocenters.